The Labute approximate surface area is 115 Å². The van der Waals surface area contributed by atoms with Gasteiger partial charge >= 0.3 is 0 Å². The lowest BCUT2D eigenvalue weighted by atomic mass is 10.1. The predicted molar refractivity (Wildman–Crippen MR) is 75.0 cm³/mol. The van der Waals surface area contributed by atoms with E-state index < -0.39 is 11.7 Å². The first kappa shape index (κ1) is 13.4. The second-order valence-electron chi connectivity index (χ2n) is 4.18. The van der Waals surface area contributed by atoms with Crippen LogP contribution in [0.3, 0.4) is 0 Å². The van der Waals surface area contributed by atoms with E-state index in [9.17, 15) is 9.18 Å². The van der Waals surface area contributed by atoms with Gasteiger partial charge in [0, 0.05) is 5.69 Å². The lowest BCUT2D eigenvalue weighted by Gasteiger charge is -2.09. The minimum Gasteiger partial charge on any atom is -0.399 e. The van der Waals surface area contributed by atoms with Crippen molar-refractivity contribution in [2.75, 3.05) is 11.1 Å². The first-order valence-corrected chi connectivity index (χ1v) is 5.97. The van der Waals surface area contributed by atoms with Crippen molar-refractivity contribution in [1.29, 1.82) is 0 Å². The van der Waals surface area contributed by atoms with Crippen molar-refractivity contribution in [3.8, 4) is 0 Å². The van der Waals surface area contributed by atoms with Crippen LogP contribution < -0.4 is 11.1 Å². The number of aryl methyl sites for hydroxylation is 1. The summed E-state index contributed by atoms with van der Waals surface area (Å²) in [6, 6.07) is 9.04. The fourth-order valence-corrected chi connectivity index (χ4v) is 1.84. The maximum Gasteiger partial charge on any atom is 0.257 e. The molecule has 0 radical (unpaired) electrons. The lowest BCUT2D eigenvalue weighted by Crippen LogP contribution is -2.14. The molecule has 0 saturated carbocycles. The van der Waals surface area contributed by atoms with Gasteiger partial charge in [0.15, 0.2) is 0 Å². The summed E-state index contributed by atoms with van der Waals surface area (Å²) in [4.78, 5) is 12.0. The Morgan fingerprint density at radius 1 is 1.26 bits per heavy atom. The van der Waals surface area contributed by atoms with Gasteiger partial charge in [-0.1, -0.05) is 17.7 Å². The molecule has 98 valence electrons. The highest BCUT2D eigenvalue weighted by molar-refractivity contribution is 6.34. The first-order chi connectivity index (χ1) is 8.97. The van der Waals surface area contributed by atoms with Crippen LogP contribution in [0.4, 0.5) is 15.8 Å². The summed E-state index contributed by atoms with van der Waals surface area (Å²) < 4.78 is 13.6. The molecule has 0 heterocycles. The number of nitrogens with two attached hydrogens (primary N) is 1. The number of anilines is 2. The van der Waals surface area contributed by atoms with Crippen LogP contribution in [0.5, 0.6) is 0 Å². The highest BCUT2D eigenvalue weighted by Gasteiger charge is 2.13. The standard InChI is InChI=1S/C14H12ClFN2O/c1-8-2-5-12(16)13(6-8)18-14(19)10-7-9(17)3-4-11(10)15/h2-7H,17H2,1H3,(H,18,19). The average molecular weight is 279 g/mol. The fourth-order valence-electron chi connectivity index (χ4n) is 1.64. The smallest absolute Gasteiger partial charge is 0.257 e. The van der Waals surface area contributed by atoms with Gasteiger partial charge in [-0.3, -0.25) is 4.79 Å². The number of nitrogens with one attached hydrogen (secondary N) is 1. The lowest BCUT2D eigenvalue weighted by molar-refractivity contribution is 0.102. The zero-order valence-electron chi connectivity index (χ0n) is 10.2. The molecule has 0 aliphatic carbocycles. The van der Waals surface area contributed by atoms with Crippen molar-refractivity contribution in [2.45, 2.75) is 6.92 Å². The van der Waals surface area contributed by atoms with Crippen LogP contribution in [0.15, 0.2) is 36.4 Å². The van der Waals surface area contributed by atoms with Crippen molar-refractivity contribution in [3.63, 3.8) is 0 Å². The molecule has 2 rings (SSSR count). The van der Waals surface area contributed by atoms with Gasteiger partial charge in [-0.2, -0.15) is 0 Å². The molecule has 2 aromatic rings. The summed E-state index contributed by atoms with van der Waals surface area (Å²) in [7, 11) is 0. The SMILES string of the molecule is Cc1ccc(F)c(NC(=O)c2cc(N)ccc2Cl)c1. The van der Waals surface area contributed by atoms with E-state index in [0.717, 1.165) is 5.56 Å². The third-order valence-corrected chi connectivity index (χ3v) is 2.93. The fraction of sp³-hybridized carbons (Fsp3) is 0.0714. The van der Waals surface area contributed by atoms with E-state index in [-0.39, 0.29) is 16.3 Å². The van der Waals surface area contributed by atoms with Crippen LogP contribution in [0.1, 0.15) is 15.9 Å². The number of nitrogen functional groups attached to an aromatic ring is 1. The van der Waals surface area contributed by atoms with Gasteiger partial charge in [-0.15, -0.1) is 0 Å². The topological polar surface area (TPSA) is 55.1 Å². The van der Waals surface area contributed by atoms with E-state index >= 15 is 0 Å². The van der Waals surface area contributed by atoms with Crippen LogP contribution >= 0.6 is 11.6 Å². The highest BCUT2D eigenvalue weighted by Crippen LogP contribution is 2.22. The van der Waals surface area contributed by atoms with E-state index in [1.54, 1.807) is 18.2 Å². The summed E-state index contributed by atoms with van der Waals surface area (Å²) >= 11 is 5.92. The normalized spacial score (nSPS) is 10.3. The summed E-state index contributed by atoms with van der Waals surface area (Å²) in [5, 5.41) is 2.75. The van der Waals surface area contributed by atoms with Gasteiger partial charge in [0.25, 0.3) is 5.91 Å². The van der Waals surface area contributed by atoms with Crippen molar-refractivity contribution in [2.24, 2.45) is 0 Å². The molecule has 19 heavy (non-hydrogen) atoms. The quantitative estimate of drug-likeness (QED) is 0.824. The molecule has 1 amide bonds. The Morgan fingerprint density at radius 3 is 2.74 bits per heavy atom. The maximum atomic E-state index is 13.6. The van der Waals surface area contributed by atoms with E-state index in [0.29, 0.717) is 5.69 Å². The zero-order valence-corrected chi connectivity index (χ0v) is 11.0. The van der Waals surface area contributed by atoms with Crippen LogP contribution in [0.2, 0.25) is 5.02 Å². The number of halogens is 2. The molecule has 0 aliphatic rings. The minimum absolute atomic E-state index is 0.114. The molecule has 0 bridgehead atoms. The van der Waals surface area contributed by atoms with Crippen molar-refractivity contribution in [3.05, 3.63) is 58.4 Å². The molecule has 0 aliphatic heterocycles. The van der Waals surface area contributed by atoms with Crippen LogP contribution in [0, 0.1) is 12.7 Å². The summed E-state index contributed by atoms with van der Waals surface area (Å²) in [5.41, 5.74) is 7.18. The molecule has 0 saturated heterocycles. The molecule has 0 fully saturated rings. The molecular formula is C14H12ClFN2O. The molecule has 0 unspecified atom stereocenters. The molecular weight excluding hydrogens is 267 g/mol. The number of carbonyl (C=O) groups is 1. The van der Waals surface area contributed by atoms with E-state index in [1.165, 1.54) is 18.2 Å². The van der Waals surface area contributed by atoms with Gasteiger partial charge in [0.1, 0.15) is 5.82 Å². The Hall–Kier alpha value is -2.07. The molecule has 5 heteroatoms. The highest BCUT2D eigenvalue weighted by atomic mass is 35.5. The van der Waals surface area contributed by atoms with Gasteiger partial charge in [0.2, 0.25) is 0 Å². The third kappa shape index (κ3) is 3.03. The van der Waals surface area contributed by atoms with Crippen LogP contribution in [-0.2, 0) is 0 Å². The average Bonchev–Trinajstić information content (AvgIpc) is 2.36. The van der Waals surface area contributed by atoms with E-state index in [2.05, 4.69) is 5.32 Å². The predicted octanol–water partition coefficient (Wildman–Crippen LogP) is 3.62. The summed E-state index contributed by atoms with van der Waals surface area (Å²) in [6.45, 7) is 1.81. The number of benzene rings is 2. The van der Waals surface area contributed by atoms with Gasteiger partial charge in [0.05, 0.1) is 16.3 Å². The second kappa shape index (κ2) is 5.28. The Kier molecular flexibility index (Phi) is 3.71. The van der Waals surface area contributed by atoms with Crippen LogP contribution in [0.25, 0.3) is 0 Å². The number of rotatable bonds is 2. The van der Waals surface area contributed by atoms with Crippen LogP contribution in [-0.4, -0.2) is 5.91 Å². The van der Waals surface area contributed by atoms with E-state index in [1.807, 2.05) is 6.92 Å². The van der Waals surface area contributed by atoms with Crippen molar-refractivity contribution >= 4 is 28.9 Å². The molecule has 2 aromatic carbocycles. The molecule has 0 aromatic heterocycles. The molecule has 0 atom stereocenters. The van der Waals surface area contributed by atoms with Crippen molar-refractivity contribution in [1.82, 2.24) is 0 Å². The van der Waals surface area contributed by atoms with Crippen molar-refractivity contribution < 1.29 is 9.18 Å². The molecule has 0 spiro atoms. The maximum absolute atomic E-state index is 13.6. The largest absolute Gasteiger partial charge is 0.399 e. The Bertz CT molecular complexity index is 643. The summed E-state index contributed by atoms with van der Waals surface area (Å²) in [5.74, 6) is -0.999. The molecule has 3 nitrogen and oxygen atoms in total. The van der Waals surface area contributed by atoms with Gasteiger partial charge < -0.3 is 11.1 Å². The third-order valence-electron chi connectivity index (χ3n) is 2.61. The monoisotopic (exact) mass is 278 g/mol. The zero-order chi connectivity index (χ0) is 14.0. The summed E-state index contributed by atoms with van der Waals surface area (Å²) in [6.07, 6.45) is 0. The number of carbonyl (C=O) groups excluding carboxylic acids is 1. The number of amides is 1. The first-order valence-electron chi connectivity index (χ1n) is 5.60. The molecule has 3 N–H and O–H groups in total. The van der Waals surface area contributed by atoms with Gasteiger partial charge in [-0.25, -0.2) is 4.39 Å². The Morgan fingerprint density at radius 2 is 2.00 bits per heavy atom. The minimum atomic E-state index is -0.501. The van der Waals surface area contributed by atoms with E-state index in [4.69, 9.17) is 17.3 Å². The van der Waals surface area contributed by atoms with Gasteiger partial charge in [-0.05, 0) is 42.8 Å². The Balaban J connectivity index is 2.30. The number of hydrogen-bond donors (Lipinski definition) is 2. The second-order valence-corrected chi connectivity index (χ2v) is 4.58. The number of hydrogen-bond acceptors (Lipinski definition) is 2.